The Labute approximate surface area is 184 Å². The van der Waals surface area contributed by atoms with Gasteiger partial charge in [0.1, 0.15) is 23.0 Å². The quantitative estimate of drug-likeness (QED) is 0.492. The molecule has 1 fully saturated rings. The molecule has 0 N–H and O–H groups in total. The number of sulfonamides is 1. The lowest BCUT2D eigenvalue weighted by molar-refractivity contribution is -0.108. The minimum absolute atomic E-state index is 0.147. The highest BCUT2D eigenvalue weighted by molar-refractivity contribution is 7.90. The van der Waals surface area contributed by atoms with Gasteiger partial charge in [-0.3, -0.25) is 0 Å². The van der Waals surface area contributed by atoms with Gasteiger partial charge in [-0.15, -0.1) is 0 Å². The molecule has 31 heavy (non-hydrogen) atoms. The van der Waals surface area contributed by atoms with Gasteiger partial charge < -0.3 is 19.0 Å². The molecule has 2 aromatic rings. The monoisotopic (exact) mass is 447 g/mol. The van der Waals surface area contributed by atoms with Crippen LogP contribution in [0.2, 0.25) is 0 Å². The fourth-order valence-electron chi connectivity index (χ4n) is 3.63. The van der Waals surface area contributed by atoms with Crippen molar-refractivity contribution >= 4 is 16.3 Å². The lowest BCUT2D eigenvalue weighted by Gasteiger charge is -2.26. The summed E-state index contributed by atoms with van der Waals surface area (Å²) in [6, 6.07) is 14.5. The minimum atomic E-state index is -3.91. The molecule has 0 spiro atoms. The molecule has 1 aliphatic heterocycles. The summed E-state index contributed by atoms with van der Waals surface area (Å²) in [4.78, 5) is 11.8. The number of methoxy groups -OCH3 is 2. The maximum absolute atomic E-state index is 13.5. The molecule has 2 aromatic carbocycles. The van der Waals surface area contributed by atoms with Crippen molar-refractivity contribution in [2.24, 2.45) is 0 Å². The number of hydrogen-bond donors (Lipinski definition) is 0. The summed E-state index contributed by atoms with van der Waals surface area (Å²) in [7, 11) is -0.748. The molecule has 0 unspecified atom stereocenters. The van der Waals surface area contributed by atoms with Crippen LogP contribution in [0.15, 0.2) is 48.5 Å². The van der Waals surface area contributed by atoms with Gasteiger partial charge in [0.15, 0.2) is 0 Å². The fourth-order valence-corrected chi connectivity index (χ4v) is 5.27. The Morgan fingerprint density at radius 1 is 1.00 bits per heavy atom. The van der Waals surface area contributed by atoms with Crippen LogP contribution in [0.1, 0.15) is 30.4 Å². The van der Waals surface area contributed by atoms with Crippen molar-refractivity contribution in [3.05, 3.63) is 59.7 Å². The summed E-state index contributed by atoms with van der Waals surface area (Å²) < 4.78 is 44.3. The fraction of sp³-hybridized carbons (Fsp3) is 0.435. The molecule has 2 atom stereocenters. The molecule has 3 rings (SSSR count). The Kier molecular flexibility index (Phi) is 8.06. The Hall–Kier alpha value is -2.42. The van der Waals surface area contributed by atoms with Crippen LogP contribution in [0.3, 0.4) is 0 Å². The van der Waals surface area contributed by atoms with Crippen LogP contribution in [0.5, 0.6) is 11.5 Å². The maximum Gasteiger partial charge on any atom is 0.224 e. The van der Waals surface area contributed by atoms with Crippen molar-refractivity contribution in [2.45, 2.75) is 43.7 Å². The summed E-state index contributed by atoms with van der Waals surface area (Å²) in [6.45, 7) is 0.903. The average molecular weight is 448 g/mol. The molecular weight excluding hydrogens is 418 g/mol. The second-order valence-electron chi connectivity index (χ2n) is 7.55. The first kappa shape index (κ1) is 23.2. The van der Waals surface area contributed by atoms with E-state index in [0.717, 1.165) is 24.0 Å². The van der Waals surface area contributed by atoms with E-state index in [2.05, 4.69) is 0 Å². The SMILES string of the molecule is COc1ccc(CN(Cc2ccc(OC)cc2)S(=O)(=O)[C@@H](C=O)C[C@H]2CCCO2)cc1. The van der Waals surface area contributed by atoms with Gasteiger partial charge in [0.05, 0.1) is 20.3 Å². The van der Waals surface area contributed by atoms with E-state index in [9.17, 15) is 13.2 Å². The summed E-state index contributed by atoms with van der Waals surface area (Å²) >= 11 is 0. The van der Waals surface area contributed by atoms with Crippen LogP contribution in [-0.2, 0) is 32.6 Å². The molecule has 1 saturated heterocycles. The summed E-state index contributed by atoms with van der Waals surface area (Å²) in [5.41, 5.74) is 1.61. The van der Waals surface area contributed by atoms with Crippen molar-refractivity contribution in [3.63, 3.8) is 0 Å². The van der Waals surface area contributed by atoms with E-state index in [1.54, 1.807) is 38.5 Å². The van der Waals surface area contributed by atoms with Gasteiger partial charge in [-0.25, -0.2) is 8.42 Å². The van der Waals surface area contributed by atoms with Crippen molar-refractivity contribution in [3.8, 4) is 11.5 Å². The topological polar surface area (TPSA) is 82.1 Å². The Bertz CT molecular complexity index is 888. The van der Waals surface area contributed by atoms with Crippen molar-refractivity contribution < 1.29 is 27.4 Å². The van der Waals surface area contributed by atoms with Gasteiger partial charge in [0.25, 0.3) is 0 Å². The predicted molar refractivity (Wildman–Crippen MR) is 118 cm³/mol. The predicted octanol–water partition coefficient (Wildman–Crippen LogP) is 3.17. The molecule has 0 aromatic heterocycles. The smallest absolute Gasteiger partial charge is 0.224 e. The van der Waals surface area contributed by atoms with Crippen molar-refractivity contribution in [1.82, 2.24) is 4.31 Å². The molecule has 1 heterocycles. The molecular formula is C23H29NO6S. The van der Waals surface area contributed by atoms with Gasteiger partial charge in [-0.2, -0.15) is 4.31 Å². The number of carbonyl (C=O) groups excluding carboxylic acids is 1. The zero-order chi connectivity index (χ0) is 22.3. The molecule has 1 aliphatic rings. The van der Waals surface area contributed by atoms with E-state index in [1.807, 2.05) is 24.3 Å². The van der Waals surface area contributed by atoms with Crippen LogP contribution >= 0.6 is 0 Å². The molecule has 0 amide bonds. The largest absolute Gasteiger partial charge is 0.497 e. The number of benzene rings is 2. The highest BCUT2D eigenvalue weighted by Crippen LogP contribution is 2.25. The van der Waals surface area contributed by atoms with Crippen molar-refractivity contribution in [1.29, 1.82) is 0 Å². The number of nitrogens with zero attached hydrogens (tertiary/aromatic N) is 1. The number of hydrogen-bond acceptors (Lipinski definition) is 6. The number of carbonyl (C=O) groups is 1. The van der Waals surface area contributed by atoms with Crippen LogP contribution in [0.4, 0.5) is 0 Å². The molecule has 0 bridgehead atoms. The highest BCUT2D eigenvalue weighted by Gasteiger charge is 2.35. The molecule has 0 radical (unpaired) electrons. The number of aldehydes is 1. The Morgan fingerprint density at radius 2 is 1.52 bits per heavy atom. The molecule has 7 nitrogen and oxygen atoms in total. The third-order valence-electron chi connectivity index (χ3n) is 5.45. The standard InChI is InChI=1S/C23H29NO6S/c1-28-20-9-5-18(6-10-20)15-24(16-19-7-11-21(29-2)12-8-19)31(26,27)23(17-25)14-22-4-3-13-30-22/h5-12,17,22-23H,3-4,13-16H2,1-2H3/t22-,23-/m1/s1. The Morgan fingerprint density at radius 3 is 1.90 bits per heavy atom. The van der Waals surface area contributed by atoms with E-state index in [1.165, 1.54) is 4.31 Å². The van der Waals surface area contributed by atoms with E-state index >= 15 is 0 Å². The minimum Gasteiger partial charge on any atom is -0.497 e. The average Bonchev–Trinajstić information content (AvgIpc) is 3.31. The zero-order valence-corrected chi connectivity index (χ0v) is 18.7. The second kappa shape index (κ2) is 10.7. The van der Waals surface area contributed by atoms with E-state index in [-0.39, 0.29) is 25.6 Å². The molecule has 168 valence electrons. The van der Waals surface area contributed by atoms with Gasteiger partial charge in [0, 0.05) is 19.7 Å². The van der Waals surface area contributed by atoms with Crippen LogP contribution in [0.25, 0.3) is 0 Å². The van der Waals surface area contributed by atoms with Gasteiger partial charge in [-0.05, 0) is 54.7 Å². The van der Waals surface area contributed by atoms with Gasteiger partial charge in [0.2, 0.25) is 10.0 Å². The van der Waals surface area contributed by atoms with E-state index < -0.39 is 15.3 Å². The third kappa shape index (κ3) is 6.06. The maximum atomic E-state index is 13.5. The van der Waals surface area contributed by atoms with Crippen LogP contribution in [0, 0.1) is 0 Å². The number of rotatable bonds is 11. The van der Waals surface area contributed by atoms with Gasteiger partial charge >= 0.3 is 0 Å². The third-order valence-corrected chi connectivity index (χ3v) is 7.50. The summed E-state index contributed by atoms with van der Waals surface area (Å²) in [5, 5.41) is -1.15. The normalized spacial score (nSPS) is 17.5. The van der Waals surface area contributed by atoms with Crippen molar-refractivity contribution in [2.75, 3.05) is 20.8 Å². The van der Waals surface area contributed by atoms with Crippen LogP contribution in [-0.4, -0.2) is 51.2 Å². The van der Waals surface area contributed by atoms with E-state index in [4.69, 9.17) is 14.2 Å². The number of ether oxygens (including phenoxy) is 3. The van der Waals surface area contributed by atoms with Crippen LogP contribution < -0.4 is 9.47 Å². The molecule has 0 aliphatic carbocycles. The first-order chi connectivity index (χ1) is 15.0. The lowest BCUT2D eigenvalue weighted by Crippen LogP contribution is -2.40. The first-order valence-electron chi connectivity index (χ1n) is 10.3. The second-order valence-corrected chi connectivity index (χ2v) is 9.71. The zero-order valence-electron chi connectivity index (χ0n) is 17.9. The molecule has 8 heteroatoms. The highest BCUT2D eigenvalue weighted by atomic mass is 32.2. The first-order valence-corrected chi connectivity index (χ1v) is 11.8. The lowest BCUT2D eigenvalue weighted by atomic mass is 10.1. The van der Waals surface area contributed by atoms with Gasteiger partial charge in [-0.1, -0.05) is 24.3 Å². The van der Waals surface area contributed by atoms with E-state index in [0.29, 0.717) is 24.4 Å². The Balaban J connectivity index is 1.86. The summed E-state index contributed by atoms with van der Waals surface area (Å²) in [6.07, 6.45) is 2.17. The molecule has 0 saturated carbocycles. The summed E-state index contributed by atoms with van der Waals surface area (Å²) in [5.74, 6) is 1.38.